The first-order chi connectivity index (χ1) is 24.3. The maximum atomic E-state index is 6.89. The zero-order valence-electron chi connectivity index (χ0n) is 26.5. The zero-order chi connectivity index (χ0) is 32.3. The maximum Gasteiger partial charge on any atom is 0.159 e. The number of benzene rings is 8. The number of fused-ring (bicyclic) bond motifs is 7. The highest BCUT2D eigenvalue weighted by Gasteiger charge is 2.24. The van der Waals surface area contributed by atoms with Crippen molar-refractivity contribution in [3.05, 3.63) is 176 Å². The summed E-state index contributed by atoms with van der Waals surface area (Å²) in [4.78, 5) is 2.41. The number of furan rings is 1. The molecule has 0 amide bonds. The van der Waals surface area contributed by atoms with Crippen molar-refractivity contribution in [2.75, 3.05) is 4.90 Å². The van der Waals surface area contributed by atoms with Crippen LogP contribution in [0.5, 0.6) is 0 Å². The van der Waals surface area contributed by atoms with E-state index in [0.717, 1.165) is 44.6 Å². The molecule has 0 spiro atoms. The lowest BCUT2D eigenvalue weighted by molar-refractivity contribution is 0.669. The van der Waals surface area contributed by atoms with Crippen molar-refractivity contribution in [3.63, 3.8) is 0 Å². The second kappa shape index (κ2) is 11.2. The van der Waals surface area contributed by atoms with Gasteiger partial charge in [-0.15, -0.1) is 11.3 Å². The average Bonchev–Trinajstić information content (AvgIpc) is 3.75. The molecule has 0 atom stereocenters. The molecule has 0 aliphatic rings. The monoisotopic (exact) mass is 643 g/mol. The molecule has 0 N–H and O–H groups in total. The molecule has 0 saturated heterocycles. The Bertz CT molecular complexity index is 2830. The van der Waals surface area contributed by atoms with Crippen LogP contribution in [0, 0.1) is 0 Å². The summed E-state index contributed by atoms with van der Waals surface area (Å²) < 4.78 is 9.44. The van der Waals surface area contributed by atoms with Crippen LogP contribution in [0.2, 0.25) is 0 Å². The number of anilines is 3. The number of thiophene rings is 1. The summed E-state index contributed by atoms with van der Waals surface area (Å²) in [5.41, 5.74) is 9.75. The van der Waals surface area contributed by atoms with Gasteiger partial charge in [-0.05, 0) is 75.5 Å². The highest BCUT2D eigenvalue weighted by atomic mass is 32.1. The van der Waals surface area contributed by atoms with Crippen molar-refractivity contribution in [2.45, 2.75) is 0 Å². The Morgan fingerprint density at radius 1 is 0.449 bits per heavy atom. The summed E-state index contributed by atoms with van der Waals surface area (Å²) in [5, 5.41) is 7.12. The van der Waals surface area contributed by atoms with Gasteiger partial charge in [0.1, 0.15) is 5.58 Å². The third-order valence-corrected chi connectivity index (χ3v) is 10.9. The highest BCUT2D eigenvalue weighted by Crippen LogP contribution is 2.50. The molecule has 0 bridgehead atoms. The Hall–Kier alpha value is -6.16. The minimum absolute atomic E-state index is 0.871. The molecule has 2 nitrogen and oxygen atoms in total. The van der Waals surface area contributed by atoms with Crippen molar-refractivity contribution in [2.24, 2.45) is 0 Å². The Labute approximate surface area is 287 Å². The van der Waals surface area contributed by atoms with E-state index in [-0.39, 0.29) is 0 Å². The molecular formula is C46H29NOS. The molecule has 49 heavy (non-hydrogen) atoms. The fourth-order valence-electron chi connectivity index (χ4n) is 7.34. The van der Waals surface area contributed by atoms with Gasteiger partial charge >= 0.3 is 0 Å². The molecule has 3 heteroatoms. The number of para-hydroxylation sites is 1. The predicted octanol–water partition coefficient (Wildman–Crippen LogP) is 13.9. The van der Waals surface area contributed by atoms with Crippen molar-refractivity contribution >= 4 is 81.3 Å². The summed E-state index contributed by atoms with van der Waals surface area (Å²) in [6.07, 6.45) is 0. The predicted molar refractivity (Wildman–Crippen MR) is 210 cm³/mol. The summed E-state index contributed by atoms with van der Waals surface area (Å²) >= 11 is 1.86. The van der Waals surface area contributed by atoms with Gasteiger partial charge in [0.05, 0.1) is 11.4 Å². The molecule has 0 saturated carbocycles. The van der Waals surface area contributed by atoms with E-state index < -0.39 is 0 Å². The SMILES string of the molecule is c1ccc(-c2ccc3c(c2)oc2c(N(c4ccc5ccccc5c4)c4ccc(-c5ccccc5)c5sc6ccccc6c45)cccc23)cc1. The topological polar surface area (TPSA) is 16.4 Å². The van der Waals surface area contributed by atoms with Gasteiger partial charge in [-0.2, -0.15) is 0 Å². The summed E-state index contributed by atoms with van der Waals surface area (Å²) in [5.74, 6) is 0. The Morgan fingerprint density at radius 2 is 1.18 bits per heavy atom. The molecule has 0 fully saturated rings. The van der Waals surface area contributed by atoms with Crippen LogP contribution in [0.25, 0.3) is 75.1 Å². The van der Waals surface area contributed by atoms with E-state index >= 15 is 0 Å². The standard InChI is InChI=1S/C46H29NOS/c1-3-12-30(13-4-1)34-23-25-37-38-19-11-20-41(45(38)48-42(37)29-34)47(35-24-22-31-14-7-8-17-33(31)28-35)40-27-26-36(32-15-5-2-6-16-32)46-44(40)39-18-9-10-21-43(39)49-46/h1-29H. The van der Waals surface area contributed by atoms with E-state index in [9.17, 15) is 0 Å². The fourth-order valence-corrected chi connectivity index (χ4v) is 8.59. The number of nitrogens with zero attached hydrogens (tertiary/aromatic N) is 1. The van der Waals surface area contributed by atoms with Crippen molar-refractivity contribution in [3.8, 4) is 22.3 Å². The summed E-state index contributed by atoms with van der Waals surface area (Å²) in [6.45, 7) is 0. The van der Waals surface area contributed by atoms with Gasteiger partial charge in [-0.25, -0.2) is 0 Å². The molecule has 0 unspecified atom stereocenters. The second-order valence-electron chi connectivity index (χ2n) is 12.5. The smallest absolute Gasteiger partial charge is 0.159 e. The molecule has 10 rings (SSSR count). The van der Waals surface area contributed by atoms with Gasteiger partial charge in [0.15, 0.2) is 5.58 Å². The lowest BCUT2D eigenvalue weighted by atomic mass is 9.99. The quantitative estimate of drug-likeness (QED) is 0.186. The first-order valence-corrected chi connectivity index (χ1v) is 17.4. The molecule has 8 aromatic carbocycles. The van der Waals surface area contributed by atoms with Crippen molar-refractivity contribution in [1.29, 1.82) is 0 Å². The number of hydrogen-bond donors (Lipinski definition) is 0. The third kappa shape index (κ3) is 4.55. The zero-order valence-corrected chi connectivity index (χ0v) is 27.3. The van der Waals surface area contributed by atoms with Crippen LogP contribution in [0.4, 0.5) is 17.1 Å². The Morgan fingerprint density at radius 3 is 2.04 bits per heavy atom. The van der Waals surface area contributed by atoms with E-state index in [2.05, 4.69) is 181 Å². The van der Waals surface area contributed by atoms with E-state index in [1.165, 1.54) is 47.6 Å². The lowest BCUT2D eigenvalue weighted by Gasteiger charge is -2.27. The molecule has 2 heterocycles. The van der Waals surface area contributed by atoms with Gasteiger partial charge < -0.3 is 9.32 Å². The lowest BCUT2D eigenvalue weighted by Crippen LogP contribution is -2.10. The van der Waals surface area contributed by atoms with E-state index in [4.69, 9.17) is 4.42 Å². The minimum Gasteiger partial charge on any atom is -0.454 e. The van der Waals surface area contributed by atoms with Crippen molar-refractivity contribution in [1.82, 2.24) is 0 Å². The molecule has 0 aliphatic heterocycles. The van der Waals surface area contributed by atoms with E-state index in [1.807, 2.05) is 11.3 Å². The summed E-state index contributed by atoms with van der Waals surface area (Å²) in [7, 11) is 0. The van der Waals surface area contributed by atoms with Crippen LogP contribution in [-0.2, 0) is 0 Å². The van der Waals surface area contributed by atoms with Gasteiger partial charge in [0.2, 0.25) is 0 Å². The molecule has 0 radical (unpaired) electrons. The first kappa shape index (κ1) is 27.9. The van der Waals surface area contributed by atoms with Gasteiger partial charge in [0.25, 0.3) is 0 Å². The van der Waals surface area contributed by atoms with Crippen LogP contribution in [0.15, 0.2) is 180 Å². The molecule has 2 aromatic heterocycles. The molecule has 0 aliphatic carbocycles. The number of rotatable bonds is 5. The minimum atomic E-state index is 0.871. The first-order valence-electron chi connectivity index (χ1n) is 16.6. The van der Waals surface area contributed by atoms with Crippen molar-refractivity contribution < 1.29 is 4.42 Å². The van der Waals surface area contributed by atoms with Gasteiger partial charge in [0, 0.05) is 36.6 Å². The van der Waals surface area contributed by atoms with Crippen LogP contribution in [-0.4, -0.2) is 0 Å². The van der Waals surface area contributed by atoms with Gasteiger partial charge in [-0.3, -0.25) is 0 Å². The largest absolute Gasteiger partial charge is 0.454 e. The molecule has 10 aromatic rings. The van der Waals surface area contributed by atoms with Crippen LogP contribution in [0.1, 0.15) is 0 Å². The highest BCUT2D eigenvalue weighted by molar-refractivity contribution is 7.26. The fraction of sp³-hybridized carbons (Fsp3) is 0. The van der Waals surface area contributed by atoms with E-state index in [0.29, 0.717) is 0 Å². The Balaban J connectivity index is 1.28. The molecule has 230 valence electrons. The second-order valence-corrected chi connectivity index (χ2v) is 13.6. The third-order valence-electron chi connectivity index (χ3n) is 9.65. The molecular weight excluding hydrogens is 615 g/mol. The maximum absolute atomic E-state index is 6.89. The summed E-state index contributed by atoms with van der Waals surface area (Å²) in [6, 6.07) is 63.1. The average molecular weight is 644 g/mol. The number of hydrogen-bond acceptors (Lipinski definition) is 3. The van der Waals surface area contributed by atoms with Crippen LogP contribution in [0.3, 0.4) is 0 Å². The Kier molecular flexibility index (Phi) is 6.39. The van der Waals surface area contributed by atoms with E-state index in [1.54, 1.807) is 0 Å². The van der Waals surface area contributed by atoms with Crippen LogP contribution >= 0.6 is 11.3 Å². The normalized spacial score (nSPS) is 11.7. The van der Waals surface area contributed by atoms with Crippen LogP contribution < -0.4 is 4.90 Å². The van der Waals surface area contributed by atoms with Gasteiger partial charge in [-0.1, -0.05) is 133 Å².